The summed E-state index contributed by atoms with van der Waals surface area (Å²) in [5.74, 6) is 0. The van der Waals surface area contributed by atoms with Gasteiger partial charge in [-0.05, 0) is 42.2 Å². The molecule has 1 aromatic rings. The van der Waals surface area contributed by atoms with E-state index in [0.29, 0.717) is 11.3 Å². The van der Waals surface area contributed by atoms with Crippen molar-refractivity contribution >= 4 is 21.1 Å². The summed E-state index contributed by atoms with van der Waals surface area (Å²) >= 11 is 0. The molecule has 2 rings (SSSR count). The Morgan fingerprint density at radius 2 is 1.74 bits per heavy atom. The fraction of sp³-hybridized carbons (Fsp3) is 0.267. The zero-order valence-corrected chi connectivity index (χ0v) is 12.2. The van der Waals surface area contributed by atoms with Crippen LogP contribution >= 0.6 is 0 Å². The van der Waals surface area contributed by atoms with E-state index in [-0.39, 0.29) is 0 Å². The highest BCUT2D eigenvalue weighted by Gasteiger charge is 2.15. The first kappa shape index (κ1) is 13.9. The number of hydrogen-bond donors (Lipinski definition) is 0. The summed E-state index contributed by atoms with van der Waals surface area (Å²) in [5, 5.41) is 0. The molecular weight excluding hydrogens is 258 g/mol. The van der Waals surface area contributed by atoms with Gasteiger partial charge >= 0.3 is 0 Å². The van der Waals surface area contributed by atoms with Crippen molar-refractivity contribution in [2.75, 3.05) is 25.3 Å². The molecule has 0 bridgehead atoms. The summed E-state index contributed by atoms with van der Waals surface area (Å²) in [6.07, 6.45) is 7.42. The van der Waals surface area contributed by atoms with E-state index in [2.05, 4.69) is 0 Å². The van der Waals surface area contributed by atoms with Crippen LogP contribution in [-0.4, -0.2) is 28.8 Å². The maximum Gasteiger partial charge on any atom is 0.175 e. The summed E-state index contributed by atoms with van der Waals surface area (Å²) in [4.78, 5) is 2.44. The second kappa shape index (κ2) is 5.21. The Bertz CT molecular complexity index is 623. The van der Waals surface area contributed by atoms with E-state index < -0.39 is 9.84 Å². The average molecular weight is 276 g/mol. The minimum atomic E-state index is -3.13. The van der Waals surface area contributed by atoms with Gasteiger partial charge in [0.25, 0.3) is 0 Å². The summed E-state index contributed by atoms with van der Waals surface area (Å²) in [5.41, 5.74) is 3.13. The zero-order valence-electron chi connectivity index (χ0n) is 11.4. The maximum absolute atomic E-state index is 11.6. The normalized spacial score (nSPS) is 15.7. The van der Waals surface area contributed by atoms with Gasteiger partial charge in [0.05, 0.1) is 4.91 Å². The molecule has 101 valence electrons. The smallest absolute Gasteiger partial charge is 0.175 e. The summed E-state index contributed by atoms with van der Waals surface area (Å²) in [6, 6.07) is 8.09. The Morgan fingerprint density at radius 1 is 1.11 bits per heavy atom. The Morgan fingerprint density at radius 3 is 2.26 bits per heavy atom. The molecular formula is C15H18NO2S. The number of anilines is 1. The van der Waals surface area contributed by atoms with Gasteiger partial charge < -0.3 is 4.90 Å². The van der Waals surface area contributed by atoms with Crippen LogP contribution < -0.4 is 4.90 Å². The lowest BCUT2D eigenvalue weighted by atomic mass is 9.97. The molecule has 3 nitrogen and oxygen atoms in total. The van der Waals surface area contributed by atoms with Gasteiger partial charge in [-0.3, -0.25) is 0 Å². The van der Waals surface area contributed by atoms with Gasteiger partial charge in [-0.2, -0.15) is 0 Å². The minimum Gasteiger partial charge on any atom is -0.378 e. The average Bonchev–Trinajstić information content (AvgIpc) is 2.38. The van der Waals surface area contributed by atoms with Crippen molar-refractivity contribution in [3.63, 3.8) is 0 Å². The fourth-order valence-electron chi connectivity index (χ4n) is 1.98. The Kier molecular flexibility index (Phi) is 3.80. The van der Waals surface area contributed by atoms with Crippen LogP contribution in [0.4, 0.5) is 5.69 Å². The molecule has 0 saturated heterocycles. The highest BCUT2D eigenvalue weighted by molar-refractivity contribution is 7.94. The number of nitrogens with zero attached hydrogens (tertiary/aromatic N) is 1. The third-order valence-electron chi connectivity index (χ3n) is 3.10. The number of benzene rings is 1. The van der Waals surface area contributed by atoms with Crippen LogP contribution in [0.15, 0.2) is 41.3 Å². The van der Waals surface area contributed by atoms with Crippen molar-refractivity contribution in [2.24, 2.45) is 0 Å². The molecule has 0 fully saturated rings. The predicted molar refractivity (Wildman–Crippen MR) is 80.6 cm³/mol. The molecule has 1 aromatic carbocycles. The fourth-order valence-corrected chi connectivity index (χ4v) is 2.72. The van der Waals surface area contributed by atoms with Crippen molar-refractivity contribution in [1.82, 2.24) is 0 Å². The monoisotopic (exact) mass is 276 g/mol. The molecule has 0 spiro atoms. The molecule has 0 N–H and O–H groups in total. The van der Waals surface area contributed by atoms with Gasteiger partial charge in [0.1, 0.15) is 0 Å². The van der Waals surface area contributed by atoms with Gasteiger partial charge in [-0.15, -0.1) is 0 Å². The lowest BCUT2D eigenvalue weighted by Crippen LogP contribution is -2.08. The first-order chi connectivity index (χ1) is 8.88. The van der Waals surface area contributed by atoms with E-state index >= 15 is 0 Å². The highest BCUT2D eigenvalue weighted by Crippen LogP contribution is 2.28. The Balaban J connectivity index is 2.32. The summed E-state index contributed by atoms with van der Waals surface area (Å²) in [6.45, 7) is 0. The van der Waals surface area contributed by atoms with Crippen molar-refractivity contribution in [2.45, 2.75) is 6.42 Å². The van der Waals surface area contributed by atoms with Gasteiger partial charge in [0.2, 0.25) is 0 Å². The van der Waals surface area contributed by atoms with E-state index in [0.717, 1.165) is 16.8 Å². The number of rotatable bonds is 3. The lowest BCUT2D eigenvalue weighted by molar-refractivity contribution is 0.608. The van der Waals surface area contributed by atoms with Crippen molar-refractivity contribution in [3.05, 3.63) is 53.3 Å². The van der Waals surface area contributed by atoms with Crippen LogP contribution in [0, 0.1) is 6.42 Å². The first-order valence-electron chi connectivity index (χ1n) is 6.11. The molecule has 1 aliphatic carbocycles. The molecule has 19 heavy (non-hydrogen) atoms. The number of sulfone groups is 1. The third kappa shape index (κ3) is 3.26. The minimum absolute atomic E-state index is 0.404. The molecule has 0 aliphatic heterocycles. The standard InChI is InChI=1S/C15H18NO2S/c1-16(2)14-9-7-12(8-10-14)13-5-4-6-15(11-13)19(3,17)18/h5-11H,4H2,1-3H3. The van der Waals surface area contributed by atoms with E-state index in [1.54, 1.807) is 12.2 Å². The summed E-state index contributed by atoms with van der Waals surface area (Å²) in [7, 11) is 0.851. The molecule has 1 radical (unpaired) electrons. The zero-order chi connectivity index (χ0) is 14.0. The number of hydrogen-bond acceptors (Lipinski definition) is 3. The molecule has 0 saturated carbocycles. The van der Waals surface area contributed by atoms with Crippen LogP contribution in [0.1, 0.15) is 12.0 Å². The summed E-state index contributed by atoms with van der Waals surface area (Å²) < 4.78 is 23.1. The molecule has 1 aliphatic rings. The predicted octanol–water partition coefficient (Wildman–Crippen LogP) is 2.67. The quantitative estimate of drug-likeness (QED) is 0.852. The molecule has 0 unspecified atom stereocenters. The molecule has 0 aromatic heterocycles. The van der Waals surface area contributed by atoms with Gasteiger partial charge in [-0.1, -0.05) is 18.2 Å². The van der Waals surface area contributed by atoms with Crippen molar-refractivity contribution < 1.29 is 8.42 Å². The SMILES string of the molecule is CN(C)c1ccc(C2=CC(S(C)(=O)=O)=CC[CH]2)cc1. The Hall–Kier alpha value is -1.55. The largest absolute Gasteiger partial charge is 0.378 e. The lowest BCUT2D eigenvalue weighted by Gasteiger charge is -2.15. The van der Waals surface area contributed by atoms with E-state index in [9.17, 15) is 8.42 Å². The van der Waals surface area contributed by atoms with Crippen molar-refractivity contribution in [1.29, 1.82) is 0 Å². The van der Waals surface area contributed by atoms with E-state index in [4.69, 9.17) is 0 Å². The van der Waals surface area contributed by atoms with Crippen LogP contribution in [0.25, 0.3) is 5.57 Å². The van der Waals surface area contributed by atoms with Crippen molar-refractivity contribution in [3.8, 4) is 0 Å². The molecule has 4 heteroatoms. The molecule has 0 heterocycles. The van der Waals surface area contributed by atoms with Gasteiger partial charge in [0, 0.05) is 26.0 Å². The maximum atomic E-state index is 11.6. The van der Waals surface area contributed by atoms with Gasteiger partial charge in [0.15, 0.2) is 9.84 Å². The van der Waals surface area contributed by atoms with E-state index in [1.807, 2.05) is 49.7 Å². The Labute approximate surface area is 115 Å². The second-order valence-electron chi connectivity index (χ2n) is 4.86. The molecule has 0 atom stereocenters. The third-order valence-corrected chi connectivity index (χ3v) is 4.24. The van der Waals surface area contributed by atoms with Crippen LogP contribution in [0.5, 0.6) is 0 Å². The number of allylic oxidation sites excluding steroid dienone is 3. The highest BCUT2D eigenvalue weighted by atomic mass is 32.2. The van der Waals surface area contributed by atoms with Crippen LogP contribution in [0.2, 0.25) is 0 Å². The van der Waals surface area contributed by atoms with Gasteiger partial charge in [-0.25, -0.2) is 8.42 Å². The van der Waals surface area contributed by atoms with Crippen LogP contribution in [-0.2, 0) is 9.84 Å². The topological polar surface area (TPSA) is 37.4 Å². The molecule has 0 amide bonds. The van der Waals surface area contributed by atoms with E-state index in [1.165, 1.54) is 6.26 Å². The van der Waals surface area contributed by atoms with Crippen LogP contribution in [0.3, 0.4) is 0 Å². The first-order valence-corrected chi connectivity index (χ1v) is 8.00. The second-order valence-corrected chi connectivity index (χ2v) is 6.88.